The van der Waals surface area contributed by atoms with Crippen molar-refractivity contribution in [2.75, 3.05) is 5.73 Å². The summed E-state index contributed by atoms with van der Waals surface area (Å²) in [5.74, 6) is -0.670. The summed E-state index contributed by atoms with van der Waals surface area (Å²) in [7, 11) is 0. The molecule has 1 amide bonds. The topological polar surface area (TPSA) is 82.0 Å². The molecule has 4 N–H and O–H groups in total. The predicted octanol–water partition coefficient (Wildman–Crippen LogP) is 2.93. The lowest BCUT2D eigenvalue weighted by atomic mass is 10.2. The minimum atomic E-state index is -4.43. The molecule has 0 atom stereocenters. The fourth-order valence-electron chi connectivity index (χ4n) is 1.55. The number of alkyl halides is 3. The monoisotopic (exact) mass is 313 g/mol. The highest BCUT2D eigenvalue weighted by atomic mass is 32.2. The number of carbonyl (C=O) groups is 1. The van der Waals surface area contributed by atoms with E-state index in [0.29, 0.717) is 15.6 Å². The fraction of sp³-hybridized carbons (Fsp3) is 0.0769. The third kappa shape index (κ3) is 3.66. The van der Waals surface area contributed by atoms with E-state index in [0.717, 1.165) is 24.0 Å². The van der Waals surface area contributed by atoms with Gasteiger partial charge in [-0.25, -0.2) is 4.98 Å². The molecule has 1 aromatic carbocycles. The first kappa shape index (κ1) is 15.2. The van der Waals surface area contributed by atoms with Gasteiger partial charge in [0.15, 0.2) is 0 Å². The molecule has 1 aromatic heterocycles. The van der Waals surface area contributed by atoms with Gasteiger partial charge in [-0.1, -0.05) is 11.8 Å². The van der Waals surface area contributed by atoms with Gasteiger partial charge in [0.05, 0.1) is 11.1 Å². The Balaban J connectivity index is 2.28. The molecule has 0 saturated carbocycles. The number of anilines is 1. The van der Waals surface area contributed by atoms with Crippen molar-refractivity contribution in [1.82, 2.24) is 4.98 Å². The van der Waals surface area contributed by atoms with Crippen LogP contribution in [-0.2, 0) is 6.18 Å². The SMILES string of the molecule is NC(=O)c1cc(N)ccc1Sc1ccc(C(F)(F)F)cn1. The van der Waals surface area contributed by atoms with Crippen molar-refractivity contribution in [2.45, 2.75) is 16.1 Å². The van der Waals surface area contributed by atoms with Crippen molar-refractivity contribution in [2.24, 2.45) is 5.73 Å². The second kappa shape index (κ2) is 5.65. The molecule has 0 bridgehead atoms. The van der Waals surface area contributed by atoms with E-state index in [2.05, 4.69) is 4.98 Å². The number of nitrogens with two attached hydrogens (primary N) is 2. The molecule has 0 fully saturated rings. The molecular formula is C13H10F3N3OS. The Morgan fingerprint density at radius 1 is 1.19 bits per heavy atom. The number of pyridine rings is 1. The van der Waals surface area contributed by atoms with Gasteiger partial charge in [0.25, 0.3) is 0 Å². The summed E-state index contributed by atoms with van der Waals surface area (Å²) in [6.45, 7) is 0. The molecule has 21 heavy (non-hydrogen) atoms. The number of carbonyl (C=O) groups excluding carboxylic acids is 1. The van der Waals surface area contributed by atoms with Gasteiger partial charge in [0.1, 0.15) is 5.03 Å². The lowest BCUT2D eigenvalue weighted by Gasteiger charge is -2.09. The van der Waals surface area contributed by atoms with Crippen LogP contribution in [0.25, 0.3) is 0 Å². The highest BCUT2D eigenvalue weighted by Crippen LogP contribution is 2.33. The Morgan fingerprint density at radius 2 is 1.90 bits per heavy atom. The van der Waals surface area contributed by atoms with E-state index in [1.165, 1.54) is 12.1 Å². The molecule has 0 aliphatic carbocycles. The van der Waals surface area contributed by atoms with E-state index in [-0.39, 0.29) is 5.56 Å². The lowest BCUT2D eigenvalue weighted by Crippen LogP contribution is -2.12. The maximum atomic E-state index is 12.4. The van der Waals surface area contributed by atoms with Crippen molar-refractivity contribution in [3.63, 3.8) is 0 Å². The second-order valence-corrected chi connectivity index (χ2v) is 5.17. The normalized spacial score (nSPS) is 11.4. The quantitative estimate of drug-likeness (QED) is 0.854. The highest BCUT2D eigenvalue weighted by molar-refractivity contribution is 7.99. The number of nitrogens with zero attached hydrogens (tertiary/aromatic N) is 1. The molecule has 2 rings (SSSR count). The van der Waals surface area contributed by atoms with Crippen LogP contribution in [0.5, 0.6) is 0 Å². The van der Waals surface area contributed by atoms with Crippen LogP contribution in [0, 0.1) is 0 Å². The molecule has 1 heterocycles. The molecule has 8 heteroatoms. The summed E-state index contributed by atoms with van der Waals surface area (Å²) in [6, 6.07) is 6.71. The van der Waals surface area contributed by atoms with Crippen molar-refractivity contribution in [3.05, 3.63) is 47.7 Å². The van der Waals surface area contributed by atoms with E-state index in [1.807, 2.05) is 0 Å². The van der Waals surface area contributed by atoms with Gasteiger partial charge in [0, 0.05) is 16.8 Å². The standard InChI is InChI=1S/C13H10F3N3OS/c14-13(15,16)7-1-4-11(19-6-7)21-10-3-2-8(17)5-9(10)12(18)20/h1-6H,17H2,(H2,18,20). The first-order chi connectivity index (χ1) is 9.77. The third-order valence-corrected chi connectivity index (χ3v) is 3.57. The van der Waals surface area contributed by atoms with Crippen molar-refractivity contribution < 1.29 is 18.0 Å². The minimum Gasteiger partial charge on any atom is -0.399 e. The van der Waals surface area contributed by atoms with E-state index in [4.69, 9.17) is 11.5 Å². The first-order valence-corrected chi connectivity index (χ1v) is 6.49. The second-order valence-electron chi connectivity index (χ2n) is 4.10. The van der Waals surface area contributed by atoms with Crippen LogP contribution in [0.3, 0.4) is 0 Å². The maximum Gasteiger partial charge on any atom is 0.417 e. The number of hydrogen-bond acceptors (Lipinski definition) is 4. The molecule has 110 valence electrons. The van der Waals surface area contributed by atoms with Crippen LogP contribution in [-0.4, -0.2) is 10.9 Å². The first-order valence-electron chi connectivity index (χ1n) is 5.68. The molecule has 0 unspecified atom stereocenters. The largest absolute Gasteiger partial charge is 0.417 e. The number of amides is 1. The number of primary amides is 1. The summed E-state index contributed by atoms with van der Waals surface area (Å²) >= 11 is 1.04. The third-order valence-electron chi connectivity index (χ3n) is 2.55. The van der Waals surface area contributed by atoms with E-state index in [9.17, 15) is 18.0 Å². The van der Waals surface area contributed by atoms with Gasteiger partial charge >= 0.3 is 6.18 Å². The number of halogens is 3. The van der Waals surface area contributed by atoms with E-state index < -0.39 is 17.6 Å². The van der Waals surface area contributed by atoms with Crippen LogP contribution >= 0.6 is 11.8 Å². The summed E-state index contributed by atoms with van der Waals surface area (Å²) in [5.41, 5.74) is 10.5. The zero-order valence-corrected chi connectivity index (χ0v) is 11.3. The Kier molecular flexibility index (Phi) is 4.08. The van der Waals surface area contributed by atoms with Gasteiger partial charge in [-0.15, -0.1) is 0 Å². The Labute approximate surface area is 122 Å². The van der Waals surface area contributed by atoms with Gasteiger partial charge < -0.3 is 11.5 Å². The summed E-state index contributed by atoms with van der Waals surface area (Å²) in [5, 5.41) is 0.315. The average Bonchev–Trinajstić information content (AvgIpc) is 2.40. The zero-order chi connectivity index (χ0) is 15.6. The predicted molar refractivity (Wildman–Crippen MR) is 72.7 cm³/mol. The number of hydrogen-bond donors (Lipinski definition) is 2. The van der Waals surface area contributed by atoms with Crippen molar-refractivity contribution >= 4 is 23.4 Å². The highest BCUT2D eigenvalue weighted by Gasteiger charge is 2.30. The Hall–Kier alpha value is -2.22. The van der Waals surface area contributed by atoms with Crippen molar-refractivity contribution in [1.29, 1.82) is 0 Å². The van der Waals surface area contributed by atoms with E-state index in [1.54, 1.807) is 12.1 Å². The summed E-state index contributed by atoms with van der Waals surface area (Å²) in [4.78, 5) is 15.5. The van der Waals surface area contributed by atoms with Crippen LogP contribution in [0.2, 0.25) is 0 Å². The minimum absolute atomic E-state index is 0.196. The number of nitrogen functional groups attached to an aromatic ring is 1. The summed E-state index contributed by atoms with van der Waals surface area (Å²) in [6.07, 6.45) is -3.70. The number of aromatic nitrogens is 1. The zero-order valence-electron chi connectivity index (χ0n) is 10.5. The van der Waals surface area contributed by atoms with Gasteiger partial charge in [-0.05, 0) is 30.3 Å². The molecule has 0 saturated heterocycles. The molecule has 0 aliphatic heterocycles. The molecule has 4 nitrogen and oxygen atoms in total. The number of rotatable bonds is 3. The molecule has 0 radical (unpaired) electrons. The number of benzene rings is 1. The van der Waals surface area contributed by atoms with Gasteiger partial charge in [-0.2, -0.15) is 13.2 Å². The summed E-state index contributed by atoms with van der Waals surface area (Å²) < 4.78 is 37.3. The smallest absolute Gasteiger partial charge is 0.399 e. The molecular weight excluding hydrogens is 303 g/mol. The Bertz CT molecular complexity index is 671. The fourth-order valence-corrected chi connectivity index (χ4v) is 2.42. The maximum absolute atomic E-state index is 12.4. The van der Waals surface area contributed by atoms with E-state index >= 15 is 0 Å². The molecule has 0 spiro atoms. The lowest BCUT2D eigenvalue weighted by molar-refractivity contribution is -0.137. The Morgan fingerprint density at radius 3 is 2.43 bits per heavy atom. The van der Waals surface area contributed by atoms with Gasteiger partial charge in [-0.3, -0.25) is 4.79 Å². The van der Waals surface area contributed by atoms with Gasteiger partial charge in [0.2, 0.25) is 5.91 Å². The molecule has 2 aromatic rings. The van der Waals surface area contributed by atoms with Crippen LogP contribution in [0.4, 0.5) is 18.9 Å². The average molecular weight is 313 g/mol. The van der Waals surface area contributed by atoms with Crippen LogP contribution in [0.1, 0.15) is 15.9 Å². The molecule has 0 aliphatic rings. The van der Waals surface area contributed by atoms with Crippen LogP contribution < -0.4 is 11.5 Å². The van der Waals surface area contributed by atoms with Crippen LogP contribution in [0.15, 0.2) is 46.5 Å². The van der Waals surface area contributed by atoms with Crippen molar-refractivity contribution in [3.8, 4) is 0 Å².